The van der Waals surface area contributed by atoms with E-state index in [1.54, 1.807) is 0 Å². The SMILES string of the molecule is COC(=O)[C@@H]1CNC[C@@H]1c1ccccc1.Cl. The van der Waals surface area contributed by atoms with Gasteiger partial charge in [0, 0.05) is 19.0 Å². The Morgan fingerprint density at radius 1 is 1.31 bits per heavy atom. The van der Waals surface area contributed by atoms with E-state index in [-0.39, 0.29) is 30.2 Å². The topological polar surface area (TPSA) is 38.3 Å². The van der Waals surface area contributed by atoms with E-state index in [0.29, 0.717) is 6.54 Å². The maximum Gasteiger partial charge on any atom is 0.310 e. The Morgan fingerprint density at radius 3 is 2.62 bits per heavy atom. The highest BCUT2D eigenvalue weighted by atomic mass is 35.5. The molecular weight excluding hydrogens is 226 g/mol. The number of ether oxygens (including phenoxy) is 1. The Kier molecular flexibility index (Phi) is 4.77. The van der Waals surface area contributed by atoms with E-state index < -0.39 is 0 Å². The summed E-state index contributed by atoms with van der Waals surface area (Å²) in [6, 6.07) is 10.1. The number of rotatable bonds is 2. The number of methoxy groups -OCH3 is 1. The number of esters is 1. The zero-order valence-corrected chi connectivity index (χ0v) is 10.00. The maximum atomic E-state index is 11.5. The van der Waals surface area contributed by atoms with Crippen LogP contribution in [-0.2, 0) is 9.53 Å². The molecule has 0 spiro atoms. The highest BCUT2D eigenvalue weighted by Crippen LogP contribution is 2.28. The van der Waals surface area contributed by atoms with Gasteiger partial charge in [0.1, 0.15) is 0 Å². The van der Waals surface area contributed by atoms with Crippen molar-refractivity contribution < 1.29 is 9.53 Å². The first-order chi connectivity index (χ1) is 7.33. The minimum absolute atomic E-state index is 0. The third-order valence-corrected chi connectivity index (χ3v) is 2.95. The van der Waals surface area contributed by atoms with Crippen molar-refractivity contribution in [3.05, 3.63) is 35.9 Å². The Bertz CT molecular complexity index is 342. The van der Waals surface area contributed by atoms with Gasteiger partial charge in [-0.2, -0.15) is 0 Å². The average Bonchev–Trinajstić information content (AvgIpc) is 2.78. The number of benzene rings is 1. The zero-order valence-electron chi connectivity index (χ0n) is 9.18. The van der Waals surface area contributed by atoms with Crippen LogP contribution in [0.15, 0.2) is 30.3 Å². The van der Waals surface area contributed by atoms with Gasteiger partial charge in [0.15, 0.2) is 0 Å². The van der Waals surface area contributed by atoms with Crippen molar-refractivity contribution in [3.8, 4) is 0 Å². The minimum Gasteiger partial charge on any atom is -0.469 e. The second kappa shape index (κ2) is 5.87. The quantitative estimate of drug-likeness (QED) is 0.800. The van der Waals surface area contributed by atoms with Crippen LogP contribution in [0.4, 0.5) is 0 Å². The van der Waals surface area contributed by atoms with Gasteiger partial charge < -0.3 is 10.1 Å². The molecule has 4 heteroatoms. The summed E-state index contributed by atoms with van der Waals surface area (Å²) < 4.78 is 4.81. The van der Waals surface area contributed by atoms with Crippen LogP contribution >= 0.6 is 12.4 Å². The molecule has 1 aliphatic heterocycles. The third-order valence-electron chi connectivity index (χ3n) is 2.95. The van der Waals surface area contributed by atoms with Crippen molar-refractivity contribution in [2.45, 2.75) is 5.92 Å². The Labute approximate surface area is 102 Å². The standard InChI is InChI=1S/C12H15NO2.ClH/c1-15-12(14)11-8-13-7-10(11)9-5-3-2-4-6-9;/h2-6,10-11,13H,7-8H2,1H3;1H/t10-,11-;/m1./s1. The molecule has 16 heavy (non-hydrogen) atoms. The number of carbonyl (C=O) groups is 1. The number of carbonyl (C=O) groups excluding carboxylic acids is 1. The second-order valence-corrected chi connectivity index (χ2v) is 3.81. The lowest BCUT2D eigenvalue weighted by Gasteiger charge is -2.16. The van der Waals surface area contributed by atoms with Gasteiger partial charge >= 0.3 is 5.97 Å². The van der Waals surface area contributed by atoms with Gasteiger partial charge in [0.2, 0.25) is 0 Å². The van der Waals surface area contributed by atoms with Gasteiger partial charge in [0.25, 0.3) is 0 Å². The first-order valence-corrected chi connectivity index (χ1v) is 5.16. The van der Waals surface area contributed by atoms with Crippen molar-refractivity contribution in [1.82, 2.24) is 5.32 Å². The van der Waals surface area contributed by atoms with Crippen molar-refractivity contribution in [1.29, 1.82) is 0 Å². The van der Waals surface area contributed by atoms with E-state index in [1.165, 1.54) is 12.7 Å². The zero-order chi connectivity index (χ0) is 10.7. The molecule has 0 bridgehead atoms. The molecule has 2 atom stereocenters. The molecule has 0 unspecified atom stereocenters. The van der Waals surface area contributed by atoms with E-state index in [2.05, 4.69) is 17.4 Å². The van der Waals surface area contributed by atoms with Crippen molar-refractivity contribution >= 4 is 18.4 Å². The van der Waals surface area contributed by atoms with E-state index in [0.717, 1.165) is 6.54 Å². The predicted octanol–water partition coefficient (Wildman–Crippen LogP) is 1.58. The molecular formula is C12H16ClNO2. The first-order valence-electron chi connectivity index (χ1n) is 5.16. The van der Waals surface area contributed by atoms with Crippen LogP contribution in [-0.4, -0.2) is 26.2 Å². The molecule has 1 aliphatic rings. The summed E-state index contributed by atoms with van der Waals surface area (Å²) in [5.74, 6) is 0.0879. The lowest BCUT2D eigenvalue weighted by Crippen LogP contribution is -2.22. The smallest absolute Gasteiger partial charge is 0.310 e. The normalized spacial score (nSPS) is 23.6. The fourth-order valence-electron chi connectivity index (χ4n) is 2.13. The van der Waals surface area contributed by atoms with Crippen LogP contribution in [0.3, 0.4) is 0 Å². The summed E-state index contributed by atoms with van der Waals surface area (Å²) in [6.45, 7) is 1.57. The highest BCUT2D eigenvalue weighted by Gasteiger charge is 2.34. The van der Waals surface area contributed by atoms with Gasteiger partial charge in [-0.05, 0) is 5.56 Å². The molecule has 88 valence electrons. The predicted molar refractivity (Wildman–Crippen MR) is 64.8 cm³/mol. The molecule has 0 amide bonds. The van der Waals surface area contributed by atoms with Crippen molar-refractivity contribution in [2.75, 3.05) is 20.2 Å². The summed E-state index contributed by atoms with van der Waals surface area (Å²) >= 11 is 0. The van der Waals surface area contributed by atoms with Gasteiger partial charge in [0.05, 0.1) is 13.0 Å². The van der Waals surface area contributed by atoms with Gasteiger partial charge in [-0.3, -0.25) is 4.79 Å². The van der Waals surface area contributed by atoms with Crippen LogP contribution in [0, 0.1) is 5.92 Å². The fraction of sp³-hybridized carbons (Fsp3) is 0.417. The molecule has 0 saturated carbocycles. The molecule has 0 aromatic heterocycles. The summed E-state index contributed by atoms with van der Waals surface area (Å²) in [6.07, 6.45) is 0. The van der Waals surface area contributed by atoms with E-state index in [4.69, 9.17) is 4.74 Å². The molecule has 3 nitrogen and oxygen atoms in total. The molecule has 0 aliphatic carbocycles. The van der Waals surface area contributed by atoms with E-state index >= 15 is 0 Å². The average molecular weight is 242 g/mol. The first kappa shape index (κ1) is 13.0. The summed E-state index contributed by atoms with van der Waals surface area (Å²) in [5.41, 5.74) is 1.21. The fourth-order valence-corrected chi connectivity index (χ4v) is 2.13. The van der Waals surface area contributed by atoms with Crippen LogP contribution in [0.2, 0.25) is 0 Å². The van der Waals surface area contributed by atoms with E-state index in [1.807, 2.05) is 18.2 Å². The third kappa shape index (κ3) is 2.54. The van der Waals surface area contributed by atoms with Crippen LogP contribution < -0.4 is 5.32 Å². The monoisotopic (exact) mass is 241 g/mol. The largest absolute Gasteiger partial charge is 0.469 e. The summed E-state index contributed by atoms with van der Waals surface area (Å²) in [5, 5.41) is 3.24. The molecule has 1 fully saturated rings. The van der Waals surface area contributed by atoms with Crippen LogP contribution in [0.5, 0.6) is 0 Å². The van der Waals surface area contributed by atoms with Gasteiger partial charge in [-0.1, -0.05) is 30.3 Å². The second-order valence-electron chi connectivity index (χ2n) is 3.81. The number of halogens is 1. The highest BCUT2D eigenvalue weighted by molar-refractivity contribution is 5.85. The lowest BCUT2D eigenvalue weighted by molar-refractivity contribution is -0.145. The van der Waals surface area contributed by atoms with Gasteiger partial charge in [-0.25, -0.2) is 0 Å². The number of hydrogen-bond acceptors (Lipinski definition) is 3. The van der Waals surface area contributed by atoms with E-state index in [9.17, 15) is 4.79 Å². The Morgan fingerprint density at radius 2 is 2.00 bits per heavy atom. The Balaban J connectivity index is 0.00000128. The number of hydrogen-bond donors (Lipinski definition) is 1. The van der Waals surface area contributed by atoms with Crippen LogP contribution in [0.1, 0.15) is 11.5 Å². The van der Waals surface area contributed by atoms with Crippen molar-refractivity contribution in [3.63, 3.8) is 0 Å². The molecule has 0 radical (unpaired) electrons. The number of nitrogens with one attached hydrogen (secondary N) is 1. The van der Waals surface area contributed by atoms with Crippen molar-refractivity contribution in [2.24, 2.45) is 5.92 Å². The van der Waals surface area contributed by atoms with Gasteiger partial charge in [-0.15, -0.1) is 12.4 Å². The summed E-state index contributed by atoms with van der Waals surface area (Å²) in [7, 11) is 1.45. The van der Waals surface area contributed by atoms with Crippen LogP contribution in [0.25, 0.3) is 0 Å². The maximum absolute atomic E-state index is 11.5. The molecule has 1 N–H and O–H groups in total. The molecule has 1 aromatic rings. The lowest BCUT2D eigenvalue weighted by atomic mass is 9.89. The molecule has 1 heterocycles. The Hall–Kier alpha value is -1.06. The summed E-state index contributed by atoms with van der Waals surface area (Å²) in [4.78, 5) is 11.5. The minimum atomic E-state index is -0.117. The molecule has 1 saturated heterocycles. The molecule has 1 aromatic carbocycles. The molecule has 2 rings (SSSR count).